The first kappa shape index (κ1) is 20.5. The van der Waals surface area contributed by atoms with Crippen molar-refractivity contribution < 1.29 is 14.6 Å². The van der Waals surface area contributed by atoms with Crippen molar-refractivity contribution in [2.24, 2.45) is 28.6 Å². The molecule has 0 amide bonds. The van der Waals surface area contributed by atoms with Crippen LogP contribution in [0.15, 0.2) is 29.8 Å². The number of ether oxygens (including phenoxy) is 1. The fourth-order valence-electron chi connectivity index (χ4n) is 9.43. The zero-order chi connectivity index (χ0) is 22.3. The summed E-state index contributed by atoms with van der Waals surface area (Å²) in [4.78, 5) is 12.4. The quantitative estimate of drug-likeness (QED) is 0.655. The summed E-state index contributed by atoms with van der Waals surface area (Å²) in [6.45, 7) is 2.24. The lowest BCUT2D eigenvalue weighted by Crippen LogP contribution is -2.60. The molecule has 3 saturated carbocycles. The van der Waals surface area contributed by atoms with E-state index in [1.807, 2.05) is 6.08 Å². The largest absolute Gasteiger partial charge is 0.497 e. The van der Waals surface area contributed by atoms with E-state index in [9.17, 15) is 9.90 Å². The molecule has 0 heterocycles. The molecule has 1 spiro atoms. The Morgan fingerprint density at radius 2 is 2.09 bits per heavy atom. The lowest BCUT2D eigenvalue weighted by atomic mass is 9.39. The molecule has 0 aliphatic heterocycles. The van der Waals surface area contributed by atoms with Crippen LogP contribution in [0.25, 0.3) is 0 Å². The monoisotopic (exact) mass is 430 g/mol. The summed E-state index contributed by atoms with van der Waals surface area (Å²) in [5.41, 5.74) is 3.07. The molecule has 0 saturated heterocycles. The summed E-state index contributed by atoms with van der Waals surface area (Å²) in [5.74, 6) is 6.05. The molecule has 3 heteroatoms. The van der Waals surface area contributed by atoms with E-state index in [1.165, 1.54) is 16.7 Å². The van der Waals surface area contributed by atoms with Crippen molar-refractivity contribution in [3.8, 4) is 18.1 Å². The Kier molecular flexibility index (Phi) is 4.32. The first-order chi connectivity index (χ1) is 15.4. The van der Waals surface area contributed by atoms with Crippen LogP contribution in [0.2, 0.25) is 0 Å². The Morgan fingerprint density at radius 3 is 2.84 bits per heavy atom. The molecule has 5 aliphatic rings. The maximum atomic E-state index is 12.4. The van der Waals surface area contributed by atoms with Gasteiger partial charge in [0.2, 0.25) is 0 Å². The highest BCUT2D eigenvalue weighted by Crippen LogP contribution is 2.73. The van der Waals surface area contributed by atoms with Crippen molar-refractivity contribution in [2.45, 2.75) is 76.2 Å². The lowest BCUT2D eigenvalue weighted by molar-refractivity contribution is -0.132. The van der Waals surface area contributed by atoms with E-state index in [0.29, 0.717) is 35.9 Å². The molecular formula is C29H34O3. The van der Waals surface area contributed by atoms with Crippen LogP contribution in [0.4, 0.5) is 0 Å². The highest BCUT2D eigenvalue weighted by Gasteiger charge is 2.69. The second-order valence-corrected chi connectivity index (χ2v) is 11.2. The summed E-state index contributed by atoms with van der Waals surface area (Å²) < 4.78 is 5.60. The first-order valence-electron chi connectivity index (χ1n) is 12.5. The number of carbonyl (C=O) groups is 1. The highest BCUT2D eigenvalue weighted by atomic mass is 16.5. The number of methoxy groups -OCH3 is 1. The van der Waals surface area contributed by atoms with Crippen molar-refractivity contribution in [2.75, 3.05) is 7.11 Å². The predicted molar refractivity (Wildman–Crippen MR) is 124 cm³/mol. The zero-order valence-corrected chi connectivity index (χ0v) is 19.3. The molecule has 0 radical (unpaired) electrons. The van der Waals surface area contributed by atoms with Gasteiger partial charge in [0, 0.05) is 11.8 Å². The second-order valence-electron chi connectivity index (χ2n) is 11.2. The van der Waals surface area contributed by atoms with Crippen LogP contribution in [-0.4, -0.2) is 23.6 Å². The van der Waals surface area contributed by atoms with Gasteiger partial charge in [0.15, 0.2) is 5.78 Å². The van der Waals surface area contributed by atoms with Crippen molar-refractivity contribution in [1.82, 2.24) is 0 Å². The number of ketones is 1. The van der Waals surface area contributed by atoms with Crippen LogP contribution < -0.4 is 4.74 Å². The molecule has 6 rings (SSSR count). The van der Waals surface area contributed by atoms with E-state index in [-0.39, 0.29) is 10.8 Å². The van der Waals surface area contributed by atoms with E-state index in [2.05, 4.69) is 31.0 Å². The molecule has 5 aliphatic carbocycles. The Hall–Kier alpha value is -2.05. The van der Waals surface area contributed by atoms with Crippen LogP contribution in [0.5, 0.6) is 5.75 Å². The SMILES string of the molecule is C#C[C@]1(O)CC[C@H]2[C@@H]3CCC4=CC(=O)CC[C@@]45Cc4cc(OC)ccc4C(C[C@@]21CC)C35. The molecule has 7 atom stereocenters. The van der Waals surface area contributed by atoms with E-state index >= 15 is 0 Å². The van der Waals surface area contributed by atoms with Crippen LogP contribution in [0.3, 0.4) is 0 Å². The third-order valence-electron chi connectivity index (χ3n) is 10.6. The number of benzene rings is 1. The Balaban J connectivity index is 1.58. The number of rotatable bonds is 2. The lowest BCUT2D eigenvalue weighted by Gasteiger charge is -2.65. The van der Waals surface area contributed by atoms with Gasteiger partial charge in [-0.15, -0.1) is 6.42 Å². The molecule has 1 aromatic rings. The van der Waals surface area contributed by atoms with Gasteiger partial charge in [0.1, 0.15) is 11.4 Å². The average Bonchev–Trinajstić information content (AvgIpc) is 3.12. The summed E-state index contributed by atoms with van der Waals surface area (Å²) >= 11 is 0. The number of hydrogen-bond acceptors (Lipinski definition) is 3. The van der Waals surface area contributed by atoms with Gasteiger partial charge >= 0.3 is 0 Å². The molecule has 3 nitrogen and oxygen atoms in total. The Bertz CT molecular complexity index is 1060. The van der Waals surface area contributed by atoms with E-state index in [1.54, 1.807) is 7.11 Å². The smallest absolute Gasteiger partial charge is 0.155 e. The van der Waals surface area contributed by atoms with Crippen LogP contribution in [0.1, 0.15) is 75.3 Å². The molecular weight excluding hydrogens is 396 g/mol. The molecule has 168 valence electrons. The maximum Gasteiger partial charge on any atom is 0.155 e. The molecule has 32 heavy (non-hydrogen) atoms. The normalized spacial score (nSPS) is 43.8. The number of carbonyl (C=O) groups excluding carboxylic acids is 1. The van der Waals surface area contributed by atoms with Gasteiger partial charge in [0.25, 0.3) is 0 Å². The van der Waals surface area contributed by atoms with Crippen LogP contribution >= 0.6 is 0 Å². The topological polar surface area (TPSA) is 46.5 Å². The number of fused-ring (bicyclic) bond motifs is 4. The van der Waals surface area contributed by atoms with Crippen molar-refractivity contribution in [3.63, 3.8) is 0 Å². The predicted octanol–water partition coefficient (Wildman–Crippen LogP) is 5.21. The van der Waals surface area contributed by atoms with Gasteiger partial charge in [-0.25, -0.2) is 0 Å². The van der Waals surface area contributed by atoms with E-state index < -0.39 is 5.60 Å². The van der Waals surface area contributed by atoms with E-state index in [0.717, 1.165) is 57.1 Å². The third-order valence-corrected chi connectivity index (χ3v) is 10.6. The van der Waals surface area contributed by atoms with Crippen molar-refractivity contribution in [3.05, 3.63) is 41.0 Å². The summed E-state index contributed by atoms with van der Waals surface area (Å²) in [6.07, 6.45) is 16.5. The highest BCUT2D eigenvalue weighted by molar-refractivity contribution is 5.91. The third kappa shape index (κ3) is 2.35. The number of terminal acetylenes is 1. The van der Waals surface area contributed by atoms with Gasteiger partial charge < -0.3 is 9.84 Å². The summed E-state index contributed by atoms with van der Waals surface area (Å²) in [6, 6.07) is 6.61. The Morgan fingerprint density at radius 1 is 1.25 bits per heavy atom. The average molecular weight is 431 g/mol. The van der Waals surface area contributed by atoms with Gasteiger partial charge in [-0.05, 0) is 110 Å². The number of aliphatic hydroxyl groups is 1. The minimum atomic E-state index is -1.01. The Labute approximate surface area is 191 Å². The van der Waals surface area contributed by atoms with Gasteiger partial charge in [-0.3, -0.25) is 4.79 Å². The zero-order valence-electron chi connectivity index (χ0n) is 19.3. The number of allylic oxidation sites excluding steroid dienone is 1. The fourth-order valence-corrected chi connectivity index (χ4v) is 9.43. The molecule has 0 bridgehead atoms. The summed E-state index contributed by atoms with van der Waals surface area (Å²) in [7, 11) is 1.73. The van der Waals surface area contributed by atoms with Crippen LogP contribution in [-0.2, 0) is 11.2 Å². The minimum absolute atomic E-state index is 0.0810. The van der Waals surface area contributed by atoms with Gasteiger partial charge in [-0.1, -0.05) is 24.5 Å². The standard InChI is InChI=1S/C29H34O3/c1-4-28-17-24-22-9-7-21(32-3)14-18(22)16-27-12-10-20(30)15-19(27)6-8-23(26(24)27)25(28)11-13-29(28,31)5-2/h2,7,9,14-15,23-26,31H,4,6,8,10-13,16-17H2,1,3H3/t23-,24?,25-,26?,27+,28-,29-/m0/s1. The van der Waals surface area contributed by atoms with Gasteiger partial charge in [-0.2, -0.15) is 0 Å². The first-order valence-corrected chi connectivity index (χ1v) is 12.5. The second kappa shape index (κ2) is 6.73. The molecule has 2 unspecified atom stereocenters. The van der Waals surface area contributed by atoms with E-state index in [4.69, 9.17) is 11.2 Å². The fraction of sp³-hybridized carbons (Fsp3) is 0.621. The van der Waals surface area contributed by atoms with Crippen molar-refractivity contribution >= 4 is 5.78 Å². The summed E-state index contributed by atoms with van der Waals surface area (Å²) in [5, 5.41) is 11.7. The van der Waals surface area contributed by atoms with Gasteiger partial charge in [0.05, 0.1) is 7.11 Å². The molecule has 0 aromatic heterocycles. The number of hydrogen-bond donors (Lipinski definition) is 1. The maximum absolute atomic E-state index is 12.4. The molecule has 3 fully saturated rings. The minimum Gasteiger partial charge on any atom is -0.497 e. The van der Waals surface area contributed by atoms with Crippen molar-refractivity contribution in [1.29, 1.82) is 0 Å². The van der Waals surface area contributed by atoms with Crippen LogP contribution in [0, 0.1) is 40.9 Å². The molecule has 1 N–H and O–H groups in total. The molecule has 1 aromatic carbocycles.